The van der Waals surface area contributed by atoms with Crippen molar-refractivity contribution in [1.29, 1.82) is 0 Å². The maximum Gasteiger partial charge on any atom is 0.228 e. The standard InChI is InChI=1S/C17H22FN3O2S/c1-2-4-15(22)21(8-7-20-9-11-23-12-10-20)17-19-16-13(18)5-3-6-14(16)24-17/h3,5-6H,2,4,7-12H2,1H3/p+1. The number of halogens is 1. The van der Waals surface area contributed by atoms with Crippen LogP contribution in [0.1, 0.15) is 19.8 Å². The molecule has 3 rings (SSSR count). The summed E-state index contributed by atoms with van der Waals surface area (Å²) in [6.07, 6.45) is 1.27. The van der Waals surface area contributed by atoms with E-state index in [4.69, 9.17) is 4.74 Å². The van der Waals surface area contributed by atoms with Crippen molar-refractivity contribution in [3.63, 3.8) is 0 Å². The van der Waals surface area contributed by atoms with E-state index < -0.39 is 0 Å². The maximum absolute atomic E-state index is 13.9. The second-order valence-electron chi connectivity index (χ2n) is 5.99. The average Bonchev–Trinajstić information content (AvgIpc) is 3.01. The molecule has 2 aromatic rings. The molecule has 5 nitrogen and oxygen atoms in total. The minimum absolute atomic E-state index is 0.0598. The van der Waals surface area contributed by atoms with Crippen molar-refractivity contribution >= 4 is 32.6 Å². The van der Waals surface area contributed by atoms with Gasteiger partial charge in [-0.2, -0.15) is 0 Å². The first kappa shape index (κ1) is 17.3. The number of amides is 1. The highest BCUT2D eigenvalue weighted by Crippen LogP contribution is 2.30. The van der Waals surface area contributed by atoms with E-state index in [1.54, 1.807) is 11.0 Å². The van der Waals surface area contributed by atoms with Crippen LogP contribution in [-0.2, 0) is 9.53 Å². The largest absolute Gasteiger partial charge is 0.370 e. The fourth-order valence-corrected chi connectivity index (χ4v) is 3.90. The first-order valence-corrected chi connectivity index (χ1v) is 9.27. The van der Waals surface area contributed by atoms with E-state index in [9.17, 15) is 9.18 Å². The molecule has 1 aliphatic rings. The van der Waals surface area contributed by atoms with E-state index in [1.807, 2.05) is 13.0 Å². The number of ether oxygens (including phenoxy) is 1. The Morgan fingerprint density at radius 2 is 2.21 bits per heavy atom. The molecule has 0 radical (unpaired) electrons. The van der Waals surface area contributed by atoms with Crippen LogP contribution in [0.4, 0.5) is 9.52 Å². The van der Waals surface area contributed by atoms with Gasteiger partial charge in [-0.25, -0.2) is 9.37 Å². The van der Waals surface area contributed by atoms with Crippen molar-refractivity contribution in [1.82, 2.24) is 4.98 Å². The van der Waals surface area contributed by atoms with Crippen LogP contribution >= 0.6 is 11.3 Å². The van der Waals surface area contributed by atoms with Gasteiger partial charge in [-0.1, -0.05) is 24.3 Å². The smallest absolute Gasteiger partial charge is 0.228 e. The second kappa shape index (κ2) is 8.00. The molecule has 2 heterocycles. The summed E-state index contributed by atoms with van der Waals surface area (Å²) in [5.74, 6) is -0.277. The fraction of sp³-hybridized carbons (Fsp3) is 0.529. The molecule has 1 aromatic heterocycles. The Kier molecular flexibility index (Phi) is 5.76. The summed E-state index contributed by atoms with van der Waals surface area (Å²) in [6, 6.07) is 4.92. The van der Waals surface area contributed by atoms with Crippen LogP contribution in [0.15, 0.2) is 18.2 Å². The summed E-state index contributed by atoms with van der Waals surface area (Å²) in [6.45, 7) is 6.91. The topological polar surface area (TPSA) is 46.9 Å². The van der Waals surface area contributed by atoms with Crippen molar-refractivity contribution in [2.24, 2.45) is 0 Å². The summed E-state index contributed by atoms with van der Waals surface area (Å²) in [4.78, 5) is 20.1. The molecule has 0 bridgehead atoms. The fourth-order valence-electron chi connectivity index (χ4n) is 2.87. The van der Waals surface area contributed by atoms with Crippen LogP contribution < -0.4 is 9.80 Å². The summed E-state index contributed by atoms with van der Waals surface area (Å²) < 4.78 is 20.1. The molecule has 0 saturated carbocycles. The number of hydrogen-bond donors (Lipinski definition) is 1. The van der Waals surface area contributed by atoms with Crippen molar-refractivity contribution in [3.05, 3.63) is 24.0 Å². The lowest BCUT2D eigenvalue weighted by molar-refractivity contribution is -0.906. The molecule has 7 heteroatoms. The number of morpholine rings is 1. The molecule has 130 valence electrons. The molecular formula is C17H23FN3O2S+. The molecule has 1 fully saturated rings. The molecule has 0 unspecified atom stereocenters. The normalized spacial score (nSPS) is 15.8. The van der Waals surface area contributed by atoms with Gasteiger partial charge >= 0.3 is 0 Å². The molecule has 1 aliphatic heterocycles. The number of nitrogens with zero attached hydrogens (tertiary/aromatic N) is 2. The monoisotopic (exact) mass is 352 g/mol. The number of aromatic nitrogens is 1. The van der Waals surface area contributed by atoms with Gasteiger partial charge in [0.2, 0.25) is 5.91 Å². The zero-order valence-electron chi connectivity index (χ0n) is 13.9. The van der Waals surface area contributed by atoms with Gasteiger partial charge in [-0.15, -0.1) is 0 Å². The third-order valence-corrected chi connectivity index (χ3v) is 5.29. The number of quaternary nitrogens is 1. The van der Waals surface area contributed by atoms with Gasteiger partial charge in [-0.3, -0.25) is 9.69 Å². The summed E-state index contributed by atoms with van der Waals surface area (Å²) >= 11 is 1.38. The lowest BCUT2D eigenvalue weighted by atomic mass is 10.3. The molecular weight excluding hydrogens is 329 g/mol. The van der Waals surface area contributed by atoms with Gasteiger partial charge in [0.15, 0.2) is 5.13 Å². The SMILES string of the molecule is CCCC(=O)N(CC[NH+]1CCOCC1)c1nc2c(F)cccc2s1. The van der Waals surface area contributed by atoms with Gasteiger partial charge in [0.25, 0.3) is 0 Å². The van der Waals surface area contributed by atoms with Crippen LogP contribution in [0.3, 0.4) is 0 Å². The number of nitrogens with one attached hydrogen (secondary N) is 1. The van der Waals surface area contributed by atoms with E-state index in [-0.39, 0.29) is 11.7 Å². The highest BCUT2D eigenvalue weighted by Gasteiger charge is 2.23. The quantitative estimate of drug-likeness (QED) is 0.857. The highest BCUT2D eigenvalue weighted by molar-refractivity contribution is 7.22. The van der Waals surface area contributed by atoms with Crippen LogP contribution in [-0.4, -0.2) is 50.3 Å². The van der Waals surface area contributed by atoms with Crippen LogP contribution in [0.2, 0.25) is 0 Å². The van der Waals surface area contributed by atoms with Crippen molar-refractivity contribution < 1.29 is 18.8 Å². The minimum Gasteiger partial charge on any atom is -0.370 e. The molecule has 1 N–H and O–H groups in total. The summed E-state index contributed by atoms with van der Waals surface area (Å²) in [7, 11) is 0. The zero-order valence-corrected chi connectivity index (χ0v) is 14.7. The number of thiazole rings is 1. The molecule has 0 atom stereocenters. The number of fused-ring (bicyclic) bond motifs is 1. The van der Waals surface area contributed by atoms with Crippen molar-refractivity contribution in [2.45, 2.75) is 19.8 Å². The van der Waals surface area contributed by atoms with E-state index in [1.165, 1.54) is 22.3 Å². The molecule has 1 saturated heterocycles. The Morgan fingerprint density at radius 1 is 1.42 bits per heavy atom. The summed E-state index contributed by atoms with van der Waals surface area (Å²) in [5, 5.41) is 0.598. The Bertz CT molecular complexity index is 700. The zero-order chi connectivity index (χ0) is 16.9. The van der Waals surface area contributed by atoms with E-state index >= 15 is 0 Å². The molecule has 0 spiro atoms. The molecule has 0 aliphatic carbocycles. The minimum atomic E-state index is -0.336. The number of benzene rings is 1. The number of anilines is 1. The summed E-state index contributed by atoms with van der Waals surface area (Å²) in [5.41, 5.74) is 0.352. The lowest BCUT2D eigenvalue weighted by Gasteiger charge is -2.26. The maximum atomic E-state index is 13.9. The number of hydrogen-bond acceptors (Lipinski definition) is 4. The van der Waals surface area contributed by atoms with Crippen molar-refractivity contribution in [2.75, 3.05) is 44.3 Å². The highest BCUT2D eigenvalue weighted by atomic mass is 32.1. The number of para-hydroxylation sites is 1. The lowest BCUT2D eigenvalue weighted by Crippen LogP contribution is -3.14. The first-order chi connectivity index (χ1) is 11.7. The van der Waals surface area contributed by atoms with Crippen LogP contribution in [0.5, 0.6) is 0 Å². The number of carbonyl (C=O) groups is 1. The van der Waals surface area contributed by atoms with E-state index in [2.05, 4.69) is 4.98 Å². The third kappa shape index (κ3) is 3.91. The van der Waals surface area contributed by atoms with Gasteiger partial charge < -0.3 is 9.64 Å². The third-order valence-electron chi connectivity index (χ3n) is 4.24. The van der Waals surface area contributed by atoms with E-state index in [0.29, 0.717) is 23.6 Å². The number of rotatable bonds is 6. The van der Waals surface area contributed by atoms with E-state index in [0.717, 1.165) is 44.0 Å². The molecule has 1 amide bonds. The van der Waals surface area contributed by atoms with Gasteiger partial charge in [-0.05, 0) is 18.6 Å². The van der Waals surface area contributed by atoms with Crippen molar-refractivity contribution in [3.8, 4) is 0 Å². The van der Waals surface area contributed by atoms with Crippen LogP contribution in [0, 0.1) is 5.82 Å². The predicted molar refractivity (Wildman–Crippen MR) is 93.2 cm³/mol. The van der Waals surface area contributed by atoms with Gasteiger partial charge in [0.1, 0.15) is 24.4 Å². The van der Waals surface area contributed by atoms with Crippen LogP contribution in [0.25, 0.3) is 10.2 Å². The second-order valence-corrected chi connectivity index (χ2v) is 7.00. The average molecular weight is 352 g/mol. The molecule has 24 heavy (non-hydrogen) atoms. The number of carbonyl (C=O) groups excluding carboxylic acids is 1. The van der Waals surface area contributed by atoms with Gasteiger partial charge in [0.05, 0.1) is 31.0 Å². The first-order valence-electron chi connectivity index (χ1n) is 8.45. The molecule has 1 aromatic carbocycles. The Hall–Kier alpha value is -1.57. The Morgan fingerprint density at radius 3 is 2.92 bits per heavy atom. The Labute approximate surface area is 145 Å². The van der Waals surface area contributed by atoms with Gasteiger partial charge in [0, 0.05) is 6.42 Å². The predicted octanol–water partition coefficient (Wildman–Crippen LogP) is 1.48. The Balaban J connectivity index is 1.79.